The highest BCUT2D eigenvalue weighted by molar-refractivity contribution is 7.91. The van der Waals surface area contributed by atoms with Crippen LogP contribution in [-0.2, 0) is 9.84 Å². The van der Waals surface area contributed by atoms with Crippen molar-refractivity contribution < 1.29 is 17.6 Å². The van der Waals surface area contributed by atoms with E-state index in [9.17, 15) is 17.6 Å². The minimum absolute atomic E-state index is 0.0418. The molecule has 0 saturated heterocycles. The predicted octanol–water partition coefficient (Wildman–Crippen LogP) is 4.20. The van der Waals surface area contributed by atoms with Gasteiger partial charge in [-0.05, 0) is 53.6 Å². The second-order valence-electron chi connectivity index (χ2n) is 5.65. The molecular formula is C18H16FNO3S3. The van der Waals surface area contributed by atoms with Gasteiger partial charge in [0.25, 0.3) is 5.91 Å². The minimum Gasteiger partial charge on any atom is -0.350 e. The zero-order valence-electron chi connectivity index (χ0n) is 13.8. The third-order valence-corrected chi connectivity index (χ3v) is 7.97. The van der Waals surface area contributed by atoms with E-state index in [0.717, 1.165) is 6.07 Å². The fourth-order valence-electron chi connectivity index (χ4n) is 2.48. The van der Waals surface area contributed by atoms with Gasteiger partial charge in [-0.1, -0.05) is 12.1 Å². The number of carbonyl (C=O) groups excluding carboxylic acids is 1. The van der Waals surface area contributed by atoms with E-state index in [-0.39, 0.29) is 22.9 Å². The molecule has 0 aliphatic carbocycles. The molecule has 1 N–H and O–H groups in total. The van der Waals surface area contributed by atoms with Crippen molar-refractivity contribution in [3.05, 3.63) is 74.4 Å². The number of hydrogen-bond donors (Lipinski definition) is 1. The van der Waals surface area contributed by atoms with Crippen LogP contribution >= 0.6 is 22.7 Å². The molecule has 4 nitrogen and oxygen atoms in total. The van der Waals surface area contributed by atoms with Crippen LogP contribution in [0.25, 0.3) is 0 Å². The Morgan fingerprint density at radius 2 is 1.88 bits per heavy atom. The van der Waals surface area contributed by atoms with E-state index >= 15 is 0 Å². The number of carbonyl (C=O) groups is 1. The van der Waals surface area contributed by atoms with Crippen molar-refractivity contribution in [2.24, 2.45) is 0 Å². The van der Waals surface area contributed by atoms with Crippen molar-refractivity contribution in [1.29, 1.82) is 0 Å². The van der Waals surface area contributed by atoms with Crippen molar-refractivity contribution in [3.63, 3.8) is 0 Å². The van der Waals surface area contributed by atoms with E-state index in [2.05, 4.69) is 5.32 Å². The molecule has 0 unspecified atom stereocenters. The lowest BCUT2D eigenvalue weighted by atomic mass is 10.2. The van der Waals surface area contributed by atoms with Gasteiger partial charge in [-0.3, -0.25) is 4.79 Å². The summed E-state index contributed by atoms with van der Waals surface area (Å²) in [5, 5.41) is 5.33. The van der Waals surface area contributed by atoms with Crippen LogP contribution < -0.4 is 5.32 Å². The number of nitrogens with one attached hydrogen (secondary N) is 1. The monoisotopic (exact) mass is 409 g/mol. The molecule has 1 amide bonds. The van der Waals surface area contributed by atoms with E-state index in [4.69, 9.17) is 0 Å². The maximum atomic E-state index is 13.5. The Hall–Kier alpha value is -2.03. The van der Waals surface area contributed by atoms with E-state index in [1.165, 1.54) is 41.7 Å². The summed E-state index contributed by atoms with van der Waals surface area (Å²) in [6.07, 6.45) is 0. The fraction of sp³-hybridized carbons (Fsp3) is 0.167. The molecular weight excluding hydrogens is 393 g/mol. The van der Waals surface area contributed by atoms with Gasteiger partial charge in [0, 0.05) is 11.4 Å². The zero-order chi connectivity index (χ0) is 18.7. The molecule has 0 spiro atoms. The average molecular weight is 410 g/mol. The molecule has 0 saturated carbocycles. The number of sulfone groups is 1. The Morgan fingerprint density at radius 3 is 2.50 bits per heavy atom. The van der Waals surface area contributed by atoms with Crippen LogP contribution in [-0.4, -0.2) is 20.9 Å². The first-order valence-electron chi connectivity index (χ1n) is 7.75. The number of aryl methyl sites for hydroxylation is 1. The van der Waals surface area contributed by atoms with E-state index in [0.29, 0.717) is 9.75 Å². The predicted molar refractivity (Wildman–Crippen MR) is 102 cm³/mol. The van der Waals surface area contributed by atoms with Crippen LogP contribution in [0.5, 0.6) is 0 Å². The van der Waals surface area contributed by atoms with E-state index in [1.54, 1.807) is 35.0 Å². The largest absolute Gasteiger partial charge is 0.350 e. The summed E-state index contributed by atoms with van der Waals surface area (Å²) in [5.74, 6) is -0.769. The number of rotatable bonds is 6. The highest BCUT2D eigenvalue weighted by atomic mass is 32.2. The zero-order valence-corrected chi connectivity index (χ0v) is 16.3. The van der Waals surface area contributed by atoms with Crippen molar-refractivity contribution >= 4 is 38.4 Å². The second kappa shape index (κ2) is 7.69. The van der Waals surface area contributed by atoms with Gasteiger partial charge in [-0.15, -0.1) is 22.7 Å². The highest BCUT2D eigenvalue weighted by Gasteiger charge is 2.31. The second-order valence-corrected chi connectivity index (χ2v) is 9.70. The minimum atomic E-state index is -3.80. The van der Waals surface area contributed by atoms with Crippen molar-refractivity contribution in [3.8, 4) is 0 Å². The van der Waals surface area contributed by atoms with E-state index in [1.807, 2.05) is 0 Å². The van der Waals surface area contributed by atoms with Crippen molar-refractivity contribution in [1.82, 2.24) is 5.32 Å². The molecule has 3 aromatic rings. The van der Waals surface area contributed by atoms with Crippen LogP contribution in [0.3, 0.4) is 0 Å². The summed E-state index contributed by atoms with van der Waals surface area (Å²) < 4.78 is 39.8. The summed E-state index contributed by atoms with van der Waals surface area (Å²) in [5.41, 5.74) is 0.263. The fourth-order valence-corrected chi connectivity index (χ4v) is 5.98. The number of benzene rings is 1. The summed E-state index contributed by atoms with van der Waals surface area (Å²) in [4.78, 5) is 13.4. The summed E-state index contributed by atoms with van der Waals surface area (Å²) in [6.45, 7) is 1.46. The van der Waals surface area contributed by atoms with Crippen molar-refractivity contribution in [2.45, 2.75) is 17.1 Å². The first-order chi connectivity index (χ1) is 12.4. The smallest absolute Gasteiger partial charge is 0.261 e. The molecule has 0 aliphatic heterocycles. The van der Waals surface area contributed by atoms with Gasteiger partial charge in [0.15, 0.2) is 9.84 Å². The van der Waals surface area contributed by atoms with Gasteiger partial charge >= 0.3 is 0 Å². The Balaban J connectivity index is 1.90. The molecule has 26 heavy (non-hydrogen) atoms. The Kier molecular flexibility index (Phi) is 5.55. The molecule has 3 rings (SSSR count). The van der Waals surface area contributed by atoms with Gasteiger partial charge in [-0.2, -0.15) is 0 Å². The van der Waals surface area contributed by atoms with Crippen LogP contribution in [0.4, 0.5) is 4.39 Å². The molecule has 2 aromatic heterocycles. The normalized spacial score (nSPS) is 12.7. The third-order valence-electron chi connectivity index (χ3n) is 3.89. The van der Waals surface area contributed by atoms with Crippen LogP contribution in [0.1, 0.15) is 25.4 Å². The molecule has 0 fully saturated rings. The van der Waals surface area contributed by atoms with Gasteiger partial charge in [0.2, 0.25) is 0 Å². The maximum absolute atomic E-state index is 13.5. The maximum Gasteiger partial charge on any atom is 0.261 e. The molecule has 1 aromatic carbocycles. The molecule has 136 valence electrons. The standard InChI is InChI=1S/C18H16FNO3S3/c1-12-10-13(6-7-14(12)19)26(22,23)17(15-4-2-8-24-15)11-20-18(21)16-5-3-9-25-16/h2-10,17H,11H2,1H3,(H,20,21)/t17-/m0/s1. The Morgan fingerprint density at radius 1 is 1.15 bits per heavy atom. The SMILES string of the molecule is Cc1cc(S(=O)(=O)[C@@H](CNC(=O)c2cccs2)c2cccs2)ccc1F. The molecule has 8 heteroatoms. The van der Waals surface area contributed by atoms with Crippen LogP contribution in [0.15, 0.2) is 58.1 Å². The van der Waals surface area contributed by atoms with Gasteiger partial charge in [0.1, 0.15) is 11.1 Å². The lowest BCUT2D eigenvalue weighted by molar-refractivity contribution is 0.0958. The third kappa shape index (κ3) is 3.87. The molecule has 0 aliphatic rings. The van der Waals surface area contributed by atoms with Crippen LogP contribution in [0.2, 0.25) is 0 Å². The number of halogens is 1. The Bertz CT molecular complexity index is 996. The molecule has 0 radical (unpaired) electrons. The Labute approximate surface area is 159 Å². The molecule has 1 atom stereocenters. The summed E-state index contributed by atoms with van der Waals surface area (Å²) in [6, 6.07) is 10.7. The average Bonchev–Trinajstić information content (AvgIpc) is 3.30. The van der Waals surface area contributed by atoms with Crippen LogP contribution in [0, 0.1) is 12.7 Å². The number of thiophene rings is 2. The van der Waals surface area contributed by atoms with Crippen molar-refractivity contribution in [2.75, 3.05) is 6.54 Å². The summed E-state index contributed by atoms with van der Waals surface area (Å²) >= 11 is 2.59. The van der Waals surface area contributed by atoms with Gasteiger partial charge < -0.3 is 5.32 Å². The first-order valence-corrected chi connectivity index (χ1v) is 11.1. The van der Waals surface area contributed by atoms with E-state index < -0.39 is 20.9 Å². The first kappa shape index (κ1) is 18.8. The quantitative estimate of drug-likeness (QED) is 0.621. The van der Waals surface area contributed by atoms with Gasteiger partial charge in [0.05, 0.1) is 9.77 Å². The topological polar surface area (TPSA) is 63.2 Å². The highest BCUT2D eigenvalue weighted by Crippen LogP contribution is 2.32. The molecule has 2 heterocycles. The summed E-state index contributed by atoms with van der Waals surface area (Å²) in [7, 11) is -3.80. The lowest BCUT2D eigenvalue weighted by Gasteiger charge is -2.17. The molecule has 0 bridgehead atoms. The van der Waals surface area contributed by atoms with Gasteiger partial charge in [-0.25, -0.2) is 12.8 Å². The lowest BCUT2D eigenvalue weighted by Crippen LogP contribution is -2.31. The number of hydrogen-bond acceptors (Lipinski definition) is 5. The number of amides is 1.